The van der Waals surface area contributed by atoms with Gasteiger partial charge in [0.25, 0.3) is 11.5 Å². The van der Waals surface area contributed by atoms with Crippen molar-refractivity contribution in [2.24, 2.45) is 7.05 Å². The summed E-state index contributed by atoms with van der Waals surface area (Å²) in [6, 6.07) is 24.5. The van der Waals surface area contributed by atoms with Gasteiger partial charge in [-0.1, -0.05) is 72.0 Å². The summed E-state index contributed by atoms with van der Waals surface area (Å²) in [7, 11) is 1.78. The van der Waals surface area contributed by atoms with Crippen molar-refractivity contribution in [2.75, 3.05) is 11.5 Å². The van der Waals surface area contributed by atoms with Crippen LogP contribution in [0.25, 0.3) is 28.7 Å². The van der Waals surface area contributed by atoms with Gasteiger partial charge in [-0.25, -0.2) is 9.36 Å². The first kappa shape index (κ1) is 28.7. The van der Waals surface area contributed by atoms with E-state index >= 15 is 0 Å². The second-order valence-electron chi connectivity index (χ2n) is 9.72. The number of carbonyl (C=O) groups excluding carboxylic acids is 1. The van der Waals surface area contributed by atoms with Gasteiger partial charge in [-0.05, 0) is 62.4 Å². The Balaban J connectivity index is 1.43. The Bertz CT molecular complexity index is 1960. The first-order valence-electron chi connectivity index (χ1n) is 13.5. The van der Waals surface area contributed by atoms with Gasteiger partial charge in [0.15, 0.2) is 4.32 Å². The average molecular weight is 628 g/mol. The quantitative estimate of drug-likeness (QED) is 0.146. The molecule has 5 aromatic rings. The Kier molecular flexibility index (Phi) is 7.83. The highest BCUT2D eigenvalue weighted by atomic mass is 35.5. The van der Waals surface area contributed by atoms with Crippen LogP contribution in [0.15, 0.2) is 94.8 Å². The topological polar surface area (TPSA) is 74.3 Å². The molecule has 8 nitrogen and oxygen atoms in total. The molecular weight excluding hydrogens is 602 g/mol. The van der Waals surface area contributed by atoms with Crippen molar-refractivity contribution in [1.29, 1.82) is 0 Å². The highest BCUT2D eigenvalue weighted by Gasteiger charge is 2.38. The number of carbonyl (C=O) groups is 1. The fraction of sp³-hybridized carbons (Fsp3) is 0.125. The first-order valence-corrected chi connectivity index (χ1v) is 15.1. The maximum atomic E-state index is 13.9. The summed E-state index contributed by atoms with van der Waals surface area (Å²) in [4.78, 5) is 29.3. The van der Waals surface area contributed by atoms with Crippen molar-refractivity contribution in [2.45, 2.75) is 13.8 Å². The molecule has 11 heteroatoms. The zero-order valence-corrected chi connectivity index (χ0v) is 25.9. The predicted octanol–water partition coefficient (Wildman–Crippen LogP) is 6.80. The molecule has 0 spiro atoms. The van der Waals surface area contributed by atoms with Crippen molar-refractivity contribution < 1.29 is 9.53 Å². The summed E-state index contributed by atoms with van der Waals surface area (Å²) in [6.07, 6.45) is 3.62. The molecule has 1 amide bonds. The van der Waals surface area contributed by atoms with Crippen LogP contribution in [0.5, 0.6) is 5.75 Å². The number of halogens is 1. The molecule has 1 saturated heterocycles. The van der Waals surface area contributed by atoms with Crippen LogP contribution in [0, 0.1) is 6.92 Å². The highest BCUT2D eigenvalue weighted by molar-refractivity contribution is 8.27. The van der Waals surface area contributed by atoms with Crippen molar-refractivity contribution in [3.05, 3.63) is 117 Å². The maximum absolute atomic E-state index is 13.9. The van der Waals surface area contributed by atoms with Gasteiger partial charge in [0, 0.05) is 24.4 Å². The van der Waals surface area contributed by atoms with Gasteiger partial charge in [-0.15, -0.1) is 0 Å². The number of anilines is 1. The van der Waals surface area contributed by atoms with Crippen LogP contribution >= 0.6 is 35.6 Å². The molecule has 1 aliphatic rings. The standard InChI is InChI=1S/C32H26ClN5O3S2/c1-4-41-26-16-15-21(17-25(26)33)28-22(19-36(34-28)23-11-7-5-8-12-23)18-27-30(39)37(32(42)43-27)29-20(2)35(3)38(31(29)40)24-13-9-6-10-14-24/h5-19H,4H2,1-3H3/b27-18-. The Morgan fingerprint density at radius 3 is 2.33 bits per heavy atom. The molecule has 0 aliphatic carbocycles. The molecule has 0 unspecified atom stereocenters. The second kappa shape index (κ2) is 11.7. The van der Waals surface area contributed by atoms with E-state index in [0.717, 1.165) is 23.0 Å². The molecule has 3 heterocycles. The molecule has 216 valence electrons. The lowest BCUT2D eigenvalue weighted by Crippen LogP contribution is -2.33. The SMILES string of the molecule is CCOc1ccc(-c2nn(-c3ccccc3)cc2/C=C2\SC(=S)N(c3c(C)n(C)n(-c4ccccc4)c3=O)C2=O)cc1Cl. The Morgan fingerprint density at radius 2 is 1.67 bits per heavy atom. The fourth-order valence-electron chi connectivity index (χ4n) is 4.96. The number of thioether (sulfide) groups is 1. The number of nitrogens with zero attached hydrogens (tertiary/aromatic N) is 5. The molecule has 6 rings (SSSR count). The van der Waals surface area contributed by atoms with Gasteiger partial charge in [0.1, 0.15) is 17.1 Å². The summed E-state index contributed by atoms with van der Waals surface area (Å²) in [5, 5.41) is 5.31. The number of rotatable bonds is 7. The molecule has 0 atom stereocenters. The Labute approximate surface area is 262 Å². The lowest BCUT2D eigenvalue weighted by Gasteiger charge is -2.12. The minimum Gasteiger partial charge on any atom is -0.492 e. The van der Waals surface area contributed by atoms with Gasteiger partial charge in [0.05, 0.1) is 33.6 Å². The number of hydrogen-bond donors (Lipinski definition) is 0. The van der Waals surface area contributed by atoms with Gasteiger partial charge in [0.2, 0.25) is 0 Å². The van der Waals surface area contributed by atoms with Crippen LogP contribution in [0.3, 0.4) is 0 Å². The van der Waals surface area contributed by atoms with E-state index in [1.54, 1.807) is 35.5 Å². The van der Waals surface area contributed by atoms with E-state index in [1.165, 1.54) is 9.58 Å². The monoisotopic (exact) mass is 627 g/mol. The van der Waals surface area contributed by atoms with E-state index in [9.17, 15) is 9.59 Å². The van der Waals surface area contributed by atoms with Crippen LogP contribution in [-0.2, 0) is 11.8 Å². The van der Waals surface area contributed by atoms with Crippen molar-refractivity contribution in [1.82, 2.24) is 19.1 Å². The van der Waals surface area contributed by atoms with E-state index in [-0.39, 0.29) is 21.5 Å². The Hall–Kier alpha value is -4.38. The number of benzene rings is 3. The molecule has 0 saturated carbocycles. The van der Waals surface area contributed by atoms with Crippen molar-refractivity contribution in [3.8, 4) is 28.4 Å². The van der Waals surface area contributed by atoms with E-state index < -0.39 is 0 Å². The molecule has 2 aromatic heterocycles. The first-order chi connectivity index (χ1) is 20.8. The van der Waals surface area contributed by atoms with Crippen LogP contribution in [0.2, 0.25) is 5.02 Å². The predicted molar refractivity (Wildman–Crippen MR) is 177 cm³/mol. The van der Waals surface area contributed by atoms with Crippen LogP contribution in [0.1, 0.15) is 18.2 Å². The normalized spacial score (nSPS) is 14.2. The molecule has 3 aromatic carbocycles. The van der Waals surface area contributed by atoms with Gasteiger partial charge >= 0.3 is 0 Å². The summed E-state index contributed by atoms with van der Waals surface area (Å²) >= 11 is 13.3. The smallest absolute Gasteiger partial charge is 0.296 e. The van der Waals surface area contributed by atoms with E-state index in [1.807, 2.05) is 85.9 Å². The number of para-hydroxylation sites is 2. The highest BCUT2D eigenvalue weighted by Crippen LogP contribution is 2.38. The molecule has 0 N–H and O–H groups in total. The summed E-state index contributed by atoms with van der Waals surface area (Å²) in [5.74, 6) is 0.210. The molecular formula is C32H26ClN5O3S2. The molecule has 0 bridgehead atoms. The van der Waals surface area contributed by atoms with Crippen LogP contribution < -0.4 is 15.2 Å². The third-order valence-corrected chi connectivity index (χ3v) is 8.69. The third kappa shape index (κ3) is 5.22. The largest absolute Gasteiger partial charge is 0.492 e. The Morgan fingerprint density at radius 1 is 1.00 bits per heavy atom. The van der Waals surface area contributed by atoms with E-state index in [0.29, 0.717) is 44.9 Å². The summed E-state index contributed by atoms with van der Waals surface area (Å²) in [5.41, 5.74) is 4.15. The van der Waals surface area contributed by atoms with Gasteiger partial charge in [-0.2, -0.15) is 5.10 Å². The molecule has 43 heavy (non-hydrogen) atoms. The summed E-state index contributed by atoms with van der Waals surface area (Å²) < 4.78 is 10.9. The van der Waals surface area contributed by atoms with Crippen molar-refractivity contribution >= 4 is 57.6 Å². The average Bonchev–Trinajstić information content (AvgIpc) is 3.62. The van der Waals surface area contributed by atoms with E-state index in [2.05, 4.69) is 0 Å². The van der Waals surface area contributed by atoms with Crippen LogP contribution in [-0.4, -0.2) is 36.0 Å². The van der Waals surface area contributed by atoms with Crippen molar-refractivity contribution in [3.63, 3.8) is 0 Å². The lowest BCUT2D eigenvalue weighted by atomic mass is 10.1. The zero-order valence-electron chi connectivity index (χ0n) is 23.5. The number of hydrogen-bond acceptors (Lipinski definition) is 6. The maximum Gasteiger partial charge on any atom is 0.296 e. The second-order valence-corrected chi connectivity index (χ2v) is 11.8. The fourth-order valence-corrected chi connectivity index (χ4v) is 6.46. The summed E-state index contributed by atoms with van der Waals surface area (Å²) in [6.45, 7) is 4.19. The third-order valence-electron chi connectivity index (χ3n) is 7.10. The zero-order chi connectivity index (χ0) is 30.2. The molecule has 1 aliphatic heterocycles. The number of ether oxygens (including phenoxy) is 1. The lowest BCUT2D eigenvalue weighted by molar-refractivity contribution is -0.113. The number of amides is 1. The minimum absolute atomic E-state index is 0.232. The van der Waals surface area contributed by atoms with Crippen LogP contribution in [0.4, 0.5) is 5.69 Å². The number of aromatic nitrogens is 4. The minimum atomic E-state index is -0.371. The van der Waals surface area contributed by atoms with Gasteiger partial charge in [-0.3, -0.25) is 19.2 Å². The van der Waals surface area contributed by atoms with E-state index in [4.69, 9.17) is 33.7 Å². The number of thiocarbonyl (C=S) groups is 1. The van der Waals surface area contributed by atoms with Gasteiger partial charge < -0.3 is 4.74 Å². The molecule has 0 radical (unpaired) electrons. The molecule has 1 fully saturated rings.